The molecule has 7 aromatic carbocycles. The third-order valence-electron chi connectivity index (χ3n) is 8.74. The van der Waals surface area contributed by atoms with Gasteiger partial charge in [0, 0.05) is 43.3 Å². The Labute approximate surface area is 272 Å². The van der Waals surface area contributed by atoms with Gasteiger partial charge in [-0.25, -0.2) is 0 Å². The van der Waals surface area contributed by atoms with E-state index in [0.29, 0.717) is 0 Å². The van der Waals surface area contributed by atoms with Crippen LogP contribution in [0.4, 0.5) is 34.1 Å². The fraction of sp³-hybridized carbons (Fsp3) is 0. The van der Waals surface area contributed by atoms with Gasteiger partial charge in [0.05, 0.1) is 28.1 Å². The molecule has 1 aromatic heterocycles. The van der Waals surface area contributed by atoms with E-state index >= 15 is 0 Å². The SMILES string of the molecule is c1ccc(N(c2ccccc2)c2cccc3c2c2ccccc2n3-c2ccc(N3c4ccccc4Sc4ccccc43)cc2)cc1. The van der Waals surface area contributed by atoms with Crippen LogP contribution in [0.2, 0.25) is 0 Å². The molecule has 0 bridgehead atoms. The first-order valence-corrected chi connectivity index (χ1v) is 16.4. The zero-order chi connectivity index (χ0) is 30.5. The monoisotopic (exact) mass is 607 g/mol. The zero-order valence-corrected chi connectivity index (χ0v) is 25.8. The number of anilines is 6. The molecule has 1 aliphatic rings. The Morgan fingerprint density at radius 1 is 0.413 bits per heavy atom. The molecule has 0 N–H and O–H groups in total. The Morgan fingerprint density at radius 3 is 1.59 bits per heavy atom. The number of rotatable bonds is 5. The summed E-state index contributed by atoms with van der Waals surface area (Å²) < 4.78 is 2.40. The van der Waals surface area contributed by atoms with Crippen LogP contribution in [0.5, 0.6) is 0 Å². The van der Waals surface area contributed by atoms with Crippen LogP contribution in [-0.2, 0) is 0 Å². The molecule has 0 fully saturated rings. The quantitative estimate of drug-likeness (QED) is 0.193. The number of aromatic nitrogens is 1. The van der Waals surface area contributed by atoms with Crippen LogP contribution in [-0.4, -0.2) is 4.57 Å². The molecule has 0 saturated heterocycles. The molecule has 0 radical (unpaired) electrons. The average Bonchev–Trinajstić information content (AvgIpc) is 3.47. The first-order chi connectivity index (χ1) is 22.8. The lowest BCUT2D eigenvalue weighted by Gasteiger charge is -2.32. The van der Waals surface area contributed by atoms with E-state index in [-0.39, 0.29) is 0 Å². The van der Waals surface area contributed by atoms with Crippen LogP contribution >= 0.6 is 11.8 Å². The van der Waals surface area contributed by atoms with Gasteiger partial charge in [-0.05, 0) is 91.0 Å². The van der Waals surface area contributed by atoms with Gasteiger partial charge in [0.25, 0.3) is 0 Å². The number of para-hydroxylation sites is 5. The van der Waals surface area contributed by atoms with Gasteiger partial charge in [-0.2, -0.15) is 0 Å². The predicted octanol–water partition coefficient (Wildman–Crippen LogP) is 12.2. The van der Waals surface area contributed by atoms with E-state index in [1.54, 1.807) is 0 Å². The summed E-state index contributed by atoms with van der Waals surface area (Å²) in [5.41, 5.74) is 10.5. The topological polar surface area (TPSA) is 11.4 Å². The van der Waals surface area contributed by atoms with Crippen LogP contribution in [0.3, 0.4) is 0 Å². The third kappa shape index (κ3) is 4.30. The summed E-state index contributed by atoms with van der Waals surface area (Å²) in [4.78, 5) is 7.28. The Morgan fingerprint density at radius 2 is 0.935 bits per heavy atom. The highest BCUT2D eigenvalue weighted by molar-refractivity contribution is 7.99. The van der Waals surface area contributed by atoms with Crippen molar-refractivity contribution in [2.45, 2.75) is 9.79 Å². The Kier molecular flexibility index (Phi) is 6.39. The zero-order valence-electron chi connectivity index (χ0n) is 25.0. The summed E-state index contributed by atoms with van der Waals surface area (Å²) >= 11 is 1.84. The summed E-state index contributed by atoms with van der Waals surface area (Å²) in [6, 6.07) is 63.1. The van der Waals surface area contributed by atoms with Crippen LogP contribution < -0.4 is 9.80 Å². The number of benzene rings is 7. The number of hydrogen-bond acceptors (Lipinski definition) is 3. The molecule has 0 atom stereocenters. The van der Waals surface area contributed by atoms with Crippen LogP contribution in [0, 0.1) is 0 Å². The molecule has 9 rings (SSSR count). The Hall–Kier alpha value is -5.71. The lowest BCUT2D eigenvalue weighted by Crippen LogP contribution is -2.14. The minimum absolute atomic E-state index is 1.13. The van der Waals surface area contributed by atoms with Crippen molar-refractivity contribution in [1.29, 1.82) is 0 Å². The minimum Gasteiger partial charge on any atom is -0.310 e. The van der Waals surface area contributed by atoms with Gasteiger partial charge >= 0.3 is 0 Å². The van der Waals surface area contributed by atoms with Gasteiger partial charge in [-0.15, -0.1) is 0 Å². The molecule has 2 heterocycles. The first-order valence-electron chi connectivity index (χ1n) is 15.5. The molecule has 4 heteroatoms. The Bertz CT molecular complexity index is 2260. The molecule has 0 spiro atoms. The Balaban J connectivity index is 1.22. The smallest absolute Gasteiger partial charge is 0.0601 e. The lowest BCUT2D eigenvalue weighted by atomic mass is 10.1. The van der Waals surface area contributed by atoms with E-state index in [1.807, 2.05) is 11.8 Å². The molecule has 46 heavy (non-hydrogen) atoms. The van der Waals surface area contributed by atoms with E-state index in [0.717, 1.165) is 28.4 Å². The van der Waals surface area contributed by atoms with Crippen molar-refractivity contribution in [3.8, 4) is 5.69 Å². The van der Waals surface area contributed by atoms with Gasteiger partial charge in [0.15, 0.2) is 0 Å². The van der Waals surface area contributed by atoms with Crippen LogP contribution in [0.25, 0.3) is 27.5 Å². The van der Waals surface area contributed by atoms with Gasteiger partial charge in [-0.1, -0.05) is 96.7 Å². The van der Waals surface area contributed by atoms with Crippen molar-refractivity contribution in [2.24, 2.45) is 0 Å². The van der Waals surface area contributed by atoms with Crippen molar-refractivity contribution < 1.29 is 0 Å². The molecule has 3 nitrogen and oxygen atoms in total. The highest BCUT2D eigenvalue weighted by Gasteiger charge is 2.25. The minimum atomic E-state index is 1.13. The van der Waals surface area contributed by atoms with Crippen LogP contribution in [0.15, 0.2) is 186 Å². The average molecular weight is 608 g/mol. The molecular weight excluding hydrogens is 579 g/mol. The van der Waals surface area contributed by atoms with Gasteiger partial charge in [-0.3, -0.25) is 0 Å². The van der Waals surface area contributed by atoms with E-state index < -0.39 is 0 Å². The lowest BCUT2D eigenvalue weighted by molar-refractivity contribution is 1.15. The second-order valence-corrected chi connectivity index (χ2v) is 12.5. The van der Waals surface area contributed by atoms with Gasteiger partial charge < -0.3 is 14.4 Å². The maximum Gasteiger partial charge on any atom is 0.0601 e. The van der Waals surface area contributed by atoms with E-state index in [1.165, 1.54) is 43.0 Å². The summed E-state index contributed by atoms with van der Waals surface area (Å²) in [7, 11) is 0. The van der Waals surface area contributed by atoms with Gasteiger partial charge in [0.2, 0.25) is 0 Å². The summed E-state index contributed by atoms with van der Waals surface area (Å²) in [6.45, 7) is 0. The first kappa shape index (κ1) is 26.7. The largest absolute Gasteiger partial charge is 0.310 e. The molecular formula is C42H29N3S. The second kappa shape index (κ2) is 11.0. The number of hydrogen-bond donors (Lipinski definition) is 0. The van der Waals surface area contributed by atoms with Crippen molar-refractivity contribution in [2.75, 3.05) is 9.80 Å². The highest BCUT2D eigenvalue weighted by Crippen LogP contribution is 2.51. The molecule has 8 aromatic rings. The molecule has 1 aliphatic heterocycles. The summed E-state index contributed by atoms with van der Waals surface area (Å²) in [5.74, 6) is 0. The maximum atomic E-state index is 2.40. The summed E-state index contributed by atoms with van der Waals surface area (Å²) in [6.07, 6.45) is 0. The molecule has 0 amide bonds. The van der Waals surface area contributed by atoms with Crippen LogP contribution in [0.1, 0.15) is 0 Å². The predicted molar refractivity (Wildman–Crippen MR) is 194 cm³/mol. The number of fused-ring (bicyclic) bond motifs is 5. The van der Waals surface area contributed by atoms with Crippen molar-refractivity contribution in [3.63, 3.8) is 0 Å². The second-order valence-electron chi connectivity index (χ2n) is 11.4. The normalized spacial score (nSPS) is 12.2. The highest BCUT2D eigenvalue weighted by atomic mass is 32.2. The van der Waals surface area contributed by atoms with E-state index in [9.17, 15) is 0 Å². The molecule has 218 valence electrons. The molecule has 0 unspecified atom stereocenters. The van der Waals surface area contributed by atoms with E-state index in [4.69, 9.17) is 0 Å². The fourth-order valence-corrected chi connectivity index (χ4v) is 7.84. The summed E-state index contributed by atoms with van der Waals surface area (Å²) in [5, 5.41) is 2.45. The molecule has 0 saturated carbocycles. The van der Waals surface area contributed by atoms with Crippen molar-refractivity contribution in [1.82, 2.24) is 4.57 Å². The number of nitrogens with zero attached hydrogens (tertiary/aromatic N) is 3. The van der Waals surface area contributed by atoms with Gasteiger partial charge in [0.1, 0.15) is 0 Å². The standard InChI is InChI=1S/C42H29N3S/c1-3-14-30(15-4-1)43(31-16-5-2-6-17-31)38-22-13-23-39-42(38)34-18-7-8-19-35(34)44(39)32-26-28-33(29-27-32)45-36-20-9-11-24-40(36)46-41-25-12-10-21-37(41)45/h1-29H. The fourth-order valence-electron chi connectivity index (χ4n) is 6.78. The van der Waals surface area contributed by atoms with E-state index in [2.05, 4.69) is 190 Å². The van der Waals surface area contributed by atoms with Crippen molar-refractivity contribution >= 4 is 67.7 Å². The van der Waals surface area contributed by atoms with Crippen molar-refractivity contribution in [3.05, 3.63) is 176 Å². The molecule has 0 aliphatic carbocycles. The maximum absolute atomic E-state index is 2.40. The third-order valence-corrected chi connectivity index (χ3v) is 9.87.